The van der Waals surface area contributed by atoms with Crippen molar-refractivity contribution >= 4 is 11.5 Å². The predicted octanol–water partition coefficient (Wildman–Crippen LogP) is 2.25. The van der Waals surface area contributed by atoms with Crippen molar-refractivity contribution < 1.29 is 4.79 Å². The molecule has 0 unspecified atom stereocenters. The summed E-state index contributed by atoms with van der Waals surface area (Å²) in [6.45, 7) is 0. The van der Waals surface area contributed by atoms with Crippen molar-refractivity contribution in [2.45, 2.75) is 19.3 Å². The molecule has 1 rings (SSSR count). The van der Waals surface area contributed by atoms with Crippen LogP contribution in [0.2, 0.25) is 0 Å². The van der Waals surface area contributed by atoms with Gasteiger partial charge in [-0.2, -0.15) is 0 Å². The number of anilines is 1. The highest BCUT2D eigenvalue weighted by Crippen LogP contribution is 2.14. The van der Waals surface area contributed by atoms with Gasteiger partial charge >= 0.3 is 0 Å². The predicted molar refractivity (Wildman–Crippen MR) is 57.9 cm³/mol. The Balaban J connectivity index is 2.62. The number of para-hydroxylation sites is 1. The zero-order chi connectivity index (χ0) is 10.4. The average molecular weight is 187 g/mol. The number of unbranched alkanes of at least 4 members (excludes halogenated alkanes) is 1. The van der Waals surface area contributed by atoms with Gasteiger partial charge in [-0.25, -0.2) is 0 Å². The standard InChI is InChI=1S/C12H13NO/c1-2-3-4-9-12(14)10-7-5-6-8-11(10)13/h1,5-8H,3-4,9,13H2. The molecule has 0 aliphatic heterocycles. The molecule has 0 aliphatic carbocycles. The van der Waals surface area contributed by atoms with Crippen LogP contribution in [0.15, 0.2) is 24.3 Å². The minimum absolute atomic E-state index is 0.0679. The molecule has 0 spiro atoms. The van der Waals surface area contributed by atoms with Crippen LogP contribution in [-0.2, 0) is 0 Å². The summed E-state index contributed by atoms with van der Waals surface area (Å²) in [4.78, 5) is 11.6. The lowest BCUT2D eigenvalue weighted by molar-refractivity contribution is 0.0981. The number of nitrogen functional groups attached to an aromatic ring is 1. The molecule has 0 aliphatic rings. The van der Waals surface area contributed by atoms with Gasteiger partial charge in [0.15, 0.2) is 5.78 Å². The number of carbonyl (C=O) groups excluding carboxylic acids is 1. The van der Waals surface area contributed by atoms with Gasteiger partial charge < -0.3 is 5.73 Å². The summed E-state index contributed by atoms with van der Waals surface area (Å²) in [5, 5.41) is 0. The summed E-state index contributed by atoms with van der Waals surface area (Å²) in [7, 11) is 0. The first kappa shape index (κ1) is 10.3. The molecule has 0 fully saturated rings. The van der Waals surface area contributed by atoms with Gasteiger partial charge in [0.25, 0.3) is 0 Å². The van der Waals surface area contributed by atoms with Gasteiger partial charge in [0.2, 0.25) is 0 Å². The van der Waals surface area contributed by atoms with Crippen molar-refractivity contribution in [1.29, 1.82) is 0 Å². The van der Waals surface area contributed by atoms with Gasteiger partial charge in [-0.3, -0.25) is 4.79 Å². The Hall–Kier alpha value is -1.75. The summed E-state index contributed by atoms with van der Waals surface area (Å²) < 4.78 is 0. The van der Waals surface area contributed by atoms with Crippen molar-refractivity contribution in [1.82, 2.24) is 0 Å². The van der Waals surface area contributed by atoms with Crippen molar-refractivity contribution in [2.24, 2.45) is 0 Å². The zero-order valence-electron chi connectivity index (χ0n) is 7.99. The number of carbonyl (C=O) groups is 1. The monoisotopic (exact) mass is 187 g/mol. The highest BCUT2D eigenvalue weighted by atomic mass is 16.1. The highest BCUT2D eigenvalue weighted by Gasteiger charge is 2.07. The molecule has 0 amide bonds. The van der Waals surface area contributed by atoms with E-state index in [1.165, 1.54) is 0 Å². The second-order valence-corrected chi connectivity index (χ2v) is 3.07. The Labute approximate surface area is 84.1 Å². The first-order chi connectivity index (χ1) is 6.75. The van der Waals surface area contributed by atoms with E-state index >= 15 is 0 Å². The Morgan fingerprint density at radius 2 is 2.14 bits per heavy atom. The van der Waals surface area contributed by atoms with E-state index in [9.17, 15) is 4.79 Å². The first-order valence-electron chi connectivity index (χ1n) is 4.57. The van der Waals surface area contributed by atoms with Crippen LogP contribution in [0.4, 0.5) is 5.69 Å². The van der Waals surface area contributed by atoms with Crippen LogP contribution in [0.1, 0.15) is 29.6 Å². The van der Waals surface area contributed by atoms with Gasteiger partial charge in [-0.1, -0.05) is 12.1 Å². The second kappa shape index (κ2) is 5.08. The Morgan fingerprint density at radius 1 is 1.43 bits per heavy atom. The lowest BCUT2D eigenvalue weighted by Crippen LogP contribution is -2.03. The summed E-state index contributed by atoms with van der Waals surface area (Å²) in [5.74, 6) is 2.57. The van der Waals surface area contributed by atoms with E-state index in [0.717, 1.165) is 6.42 Å². The number of ketones is 1. The highest BCUT2D eigenvalue weighted by molar-refractivity contribution is 6.00. The molecule has 0 saturated heterocycles. The van der Waals surface area contributed by atoms with Gasteiger partial charge in [0.05, 0.1) is 0 Å². The van der Waals surface area contributed by atoms with Gasteiger partial charge in [0.1, 0.15) is 0 Å². The fraction of sp³-hybridized carbons (Fsp3) is 0.250. The van der Waals surface area contributed by atoms with Crippen LogP contribution < -0.4 is 5.73 Å². The smallest absolute Gasteiger partial charge is 0.164 e. The van der Waals surface area contributed by atoms with Crippen molar-refractivity contribution in [3.8, 4) is 12.3 Å². The quantitative estimate of drug-likeness (QED) is 0.340. The fourth-order valence-electron chi connectivity index (χ4n) is 1.24. The van der Waals surface area contributed by atoms with E-state index in [2.05, 4.69) is 5.92 Å². The molecule has 0 atom stereocenters. The van der Waals surface area contributed by atoms with E-state index in [0.29, 0.717) is 24.1 Å². The molecule has 0 heterocycles. The SMILES string of the molecule is C#CCCCC(=O)c1ccccc1N. The topological polar surface area (TPSA) is 43.1 Å². The molecule has 14 heavy (non-hydrogen) atoms. The molecule has 1 aromatic carbocycles. The molecule has 0 bridgehead atoms. The molecule has 72 valence electrons. The summed E-state index contributed by atoms with van der Waals surface area (Å²) in [6, 6.07) is 7.10. The molecule has 0 aromatic heterocycles. The molecule has 2 heteroatoms. The fourth-order valence-corrected chi connectivity index (χ4v) is 1.24. The summed E-state index contributed by atoms with van der Waals surface area (Å²) >= 11 is 0. The minimum Gasteiger partial charge on any atom is -0.398 e. The van der Waals surface area contributed by atoms with Gasteiger partial charge in [-0.05, 0) is 18.6 Å². The third-order valence-corrected chi connectivity index (χ3v) is 1.99. The third-order valence-electron chi connectivity index (χ3n) is 1.99. The molecule has 1 aromatic rings. The van der Waals surface area contributed by atoms with E-state index in [4.69, 9.17) is 12.2 Å². The Bertz CT molecular complexity index is 363. The van der Waals surface area contributed by atoms with E-state index in [1.54, 1.807) is 12.1 Å². The largest absolute Gasteiger partial charge is 0.398 e. The minimum atomic E-state index is 0.0679. The number of nitrogens with two attached hydrogens (primary N) is 1. The van der Waals surface area contributed by atoms with Crippen LogP contribution in [0.3, 0.4) is 0 Å². The second-order valence-electron chi connectivity index (χ2n) is 3.07. The van der Waals surface area contributed by atoms with Crippen molar-refractivity contribution in [2.75, 3.05) is 5.73 Å². The number of hydrogen-bond donors (Lipinski definition) is 1. The molecule has 0 saturated carbocycles. The molecule has 2 nitrogen and oxygen atoms in total. The number of terminal acetylenes is 1. The van der Waals surface area contributed by atoms with Crippen LogP contribution in [0, 0.1) is 12.3 Å². The molecule has 0 radical (unpaired) electrons. The van der Waals surface area contributed by atoms with E-state index < -0.39 is 0 Å². The molecule has 2 N–H and O–H groups in total. The van der Waals surface area contributed by atoms with E-state index in [-0.39, 0.29) is 5.78 Å². The van der Waals surface area contributed by atoms with Gasteiger partial charge in [-0.15, -0.1) is 12.3 Å². The molecular weight excluding hydrogens is 174 g/mol. The summed E-state index contributed by atoms with van der Waals surface area (Å²) in [6.07, 6.45) is 6.93. The number of benzene rings is 1. The summed E-state index contributed by atoms with van der Waals surface area (Å²) in [5.41, 5.74) is 6.81. The maximum atomic E-state index is 11.6. The maximum absolute atomic E-state index is 11.6. The number of Topliss-reactive ketones (excluding diaryl/α,β-unsaturated/α-hetero) is 1. The normalized spacial score (nSPS) is 9.36. The average Bonchev–Trinajstić information content (AvgIpc) is 2.18. The van der Waals surface area contributed by atoms with Crippen LogP contribution >= 0.6 is 0 Å². The van der Waals surface area contributed by atoms with Crippen LogP contribution in [0.5, 0.6) is 0 Å². The van der Waals surface area contributed by atoms with Crippen LogP contribution in [-0.4, -0.2) is 5.78 Å². The van der Waals surface area contributed by atoms with E-state index in [1.807, 2.05) is 12.1 Å². The first-order valence-corrected chi connectivity index (χ1v) is 4.57. The Kier molecular flexibility index (Phi) is 3.75. The lowest BCUT2D eigenvalue weighted by Gasteiger charge is -2.02. The zero-order valence-corrected chi connectivity index (χ0v) is 7.99. The van der Waals surface area contributed by atoms with Crippen molar-refractivity contribution in [3.63, 3.8) is 0 Å². The number of hydrogen-bond acceptors (Lipinski definition) is 2. The number of rotatable bonds is 4. The van der Waals surface area contributed by atoms with Gasteiger partial charge in [0, 0.05) is 24.1 Å². The Morgan fingerprint density at radius 3 is 2.79 bits per heavy atom. The van der Waals surface area contributed by atoms with Crippen LogP contribution in [0.25, 0.3) is 0 Å². The van der Waals surface area contributed by atoms with Crippen molar-refractivity contribution in [3.05, 3.63) is 29.8 Å². The maximum Gasteiger partial charge on any atom is 0.164 e. The molecular formula is C12H13NO. The lowest BCUT2D eigenvalue weighted by atomic mass is 10.0. The third kappa shape index (κ3) is 2.63.